The number of hydrogen-bond donors (Lipinski definition) is 1. The third kappa shape index (κ3) is 2.34. The molecule has 0 bridgehead atoms. The molecule has 1 unspecified atom stereocenters. The van der Waals surface area contributed by atoms with Gasteiger partial charge < -0.3 is 5.73 Å². The summed E-state index contributed by atoms with van der Waals surface area (Å²) in [6.45, 7) is 6.80. The molecule has 0 aliphatic carbocycles. The van der Waals surface area contributed by atoms with Gasteiger partial charge in [-0.1, -0.05) is 20.8 Å². The van der Waals surface area contributed by atoms with E-state index in [1.165, 1.54) is 6.20 Å². The van der Waals surface area contributed by atoms with Crippen molar-refractivity contribution in [3.63, 3.8) is 0 Å². The predicted octanol–water partition coefficient (Wildman–Crippen LogP) is 2.45. The molecule has 0 radical (unpaired) electrons. The molecule has 1 aliphatic rings. The molecule has 0 saturated heterocycles. The Bertz CT molecular complexity index is 261. The quantitative estimate of drug-likeness (QED) is 0.690. The van der Waals surface area contributed by atoms with Crippen LogP contribution in [0.3, 0.4) is 0 Å². The van der Waals surface area contributed by atoms with Crippen molar-refractivity contribution in [2.24, 2.45) is 16.1 Å². The lowest BCUT2D eigenvalue weighted by Gasteiger charge is -2.27. The van der Waals surface area contributed by atoms with Gasteiger partial charge in [0.05, 0.1) is 5.71 Å². The van der Waals surface area contributed by atoms with Gasteiger partial charge in [0.25, 0.3) is 0 Å². The smallest absolute Gasteiger partial charge is 0.142 e. The molecule has 0 aromatic carbocycles. The van der Waals surface area contributed by atoms with Crippen LogP contribution in [0.15, 0.2) is 16.8 Å². The van der Waals surface area contributed by atoms with Crippen LogP contribution >= 0.6 is 0 Å². The molecular formula is C11H19FN2. The van der Waals surface area contributed by atoms with Gasteiger partial charge in [0, 0.05) is 6.54 Å². The van der Waals surface area contributed by atoms with Gasteiger partial charge in [0.1, 0.15) is 6.17 Å². The minimum atomic E-state index is -0.933. The van der Waals surface area contributed by atoms with E-state index in [-0.39, 0.29) is 5.41 Å². The van der Waals surface area contributed by atoms with E-state index in [1.54, 1.807) is 0 Å². The Labute approximate surface area is 85.1 Å². The zero-order valence-electron chi connectivity index (χ0n) is 9.18. The second-order valence-corrected chi connectivity index (χ2v) is 4.71. The van der Waals surface area contributed by atoms with E-state index in [2.05, 4.69) is 4.99 Å². The maximum Gasteiger partial charge on any atom is 0.142 e. The SMILES string of the molecule is CC(C)(C)/C(=C/N)C1=NCCCC1F. The minimum Gasteiger partial charge on any atom is -0.404 e. The molecule has 80 valence electrons. The van der Waals surface area contributed by atoms with E-state index < -0.39 is 6.17 Å². The first-order valence-electron chi connectivity index (χ1n) is 5.08. The zero-order chi connectivity index (χ0) is 10.8. The standard InChI is InChI=1S/C11H19FN2/c1-11(2,3)8(7-13)10-9(12)5-4-6-14-10/h7,9H,4-6,13H2,1-3H3/b8-7+. The summed E-state index contributed by atoms with van der Waals surface area (Å²) >= 11 is 0. The van der Waals surface area contributed by atoms with Crippen molar-refractivity contribution in [3.8, 4) is 0 Å². The van der Waals surface area contributed by atoms with E-state index >= 15 is 0 Å². The number of nitrogens with zero attached hydrogens (tertiary/aromatic N) is 1. The van der Waals surface area contributed by atoms with Crippen molar-refractivity contribution in [2.75, 3.05) is 6.54 Å². The molecule has 2 nitrogen and oxygen atoms in total. The summed E-state index contributed by atoms with van der Waals surface area (Å²) in [5, 5.41) is 0. The van der Waals surface area contributed by atoms with Crippen LogP contribution in [0.25, 0.3) is 0 Å². The van der Waals surface area contributed by atoms with Crippen molar-refractivity contribution < 1.29 is 4.39 Å². The molecule has 0 amide bonds. The molecule has 0 spiro atoms. The summed E-state index contributed by atoms with van der Waals surface area (Å²) in [6.07, 6.45) is 1.98. The Hall–Kier alpha value is -0.860. The average Bonchev–Trinajstić information content (AvgIpc) is 2.07. The average molecular weight is 198 g/mol. The summed E-state index contributed by atoms with van der Waals surface area (Å²) in [5.74, 6) is 0. The molecule has 1 aliphatic heterocycles. The molecule has 1 atom stereocenters. The first kappa shape index (κ1) is 11.2. The number of halogens is 1. The van der Waals surface area contributed by atoms with Gasteiger partial charge in [0.2, 0.25) is 0 Å². The molecule has 0 aromatic rings. The van der Waals surface area contributed by atoms with Crippen LogP contribution in [0, 0.1) is 5.41 Å². The maximum absolute atomic E-state index is 13.6. The zero-order valence-corrected chi connectivity index (χ0v) is 9.18. The van der Waals surface area contributed by atoms with Crippen LogP contribution in [0.2, 0.25) is 0 Å². The lowest BCUT2D eigenvalue weighted by atomic mass is 9.81. The highest BCUT2D eigenvalue weighted by atomic mass is 19.1. The van der Waals surface area contributed by atoms with Crippen LogP contribution in [0.4, 0.5) is 4.39 Å². The first-order valence-corrected chi connectivity index (χ1v) is 5.08. The molecule has 0 saturated carbocycles. The van der Waals surface area contributed by atoms with Gasteiger partial charge >= 0.3 is 0 Å². The highest BCUT2D eigenvalue weighted by Gasteiger charge is 2.28. The van der Waals surface area contributed by atoms with Crippen LogP contribution < -0.4 is 5.73 Å². The van der Waals surface area contributed by atoms with E-state index in [1.807, 2.05) is 20.8 Å². The number of nitrogens with two attached hydrogens (primary N) is 1. The monoisotopic (exact) mass is 198 g/mol. The van der Waals surface area contributed by atoms with Gasteiger partial charge in [-0.2, -0.15) is 0 Å². The molecule has 2 N–H and O–H groups in total. The fraction of sp³-hybridized carbons (Fsp3) is 0.727. The second kappa shape index (κ2) is 4.11. The Morgan fingerprint density at radius 2 is 2.21 bits per heavy atom. The molecule has 14 heavy (non-hydrogen) atoms. The van der Waals surface area contributed by atoms with Gasteiger partial charge in [0.15, 0.2) is 0 Å². The third-order valence-corrected chi connectivity index (χ3v) is 2.45. The lowest BCUT2D eigenvalue weighted by molar-refractivity contribution is 0.377. The molecule has 0 fully saturated rings. The number of alkyl halides is 1. The number of aliphatic imine (C=N–C) groups is 1. The number of allylic oxidation sites excluding steroid dienone is 1. The lowest BCUT2D eigenvalue weighted by Crippen LogP contribution is -2.29. The van der Waals surface area contributed by atoms with Crippen molar-refractivity contribution >= 4 is 5.71 Å². The van der Waals surface area contributed by atoms with E-state index in [0.717, 1.165) is 18.5 Å². The van der Waals surface area contributed by atoms with Crippen molar-refractivity contribution in [3.05, 3.63) is 11.8 Å². The van der Waals surface area contributed by atoms with Crippen LogP contribution in [0.1, 0.15) is 33.6 Å². The van der Waals surface area contributed by atoms with Crippen molar-refractivity contribution in [1.82, 2.24) is 0 Å². The minimum absolute atomic E-state index is 0.130. The topological polar surface area (TPSA) is 38.4 Å². The van der Waals surface area contributed by atoms with Gasteiger partial charge in [-0.3, -0.25) is 4.99 Å². The summed E-state index contributed by atoms with van der Waals surface area (Å²) in [7, 11) is 0. The van der Waals surface area contributed by atoms with E-state index in [4.69, 9.17) is 5.73 Å². The Morgan fingerprint density at radius 3 is 2.64 bits per heavy atom. The van der Waals surface area contributed by atoms with Crippen LogP contribution in [-0.4, -0.2) is 18.4 Å². The highest BCUT2D eigenvalue weighted by molar-refractivity contribution is 6.04. The summed E-state index contributed by atoms with van der Waals surface area (Å²) in [4.78, 5) is 4.24. The normalized spacial score (nSPS) is 24.7. The maximum atomic E-state index is 13.6. The molecule has 1 rings (SSSR count). The Morgan fingerprint density at radius 1 is 1.57 bits per heavy atom. The summed E-state index contributed by atoms with van der Waals surface area (Å²) < 4.78 is 13.6. The Kier molecular flexibility index (Phi) is 3.29. The van der Waals surface area contributed by atoms with Crippen molar-refractivity contribution in [1.29, 1.82) is 0 Å². The Balaban J connectivity index is 2.96. The fourth-order valence-corrected chi connectivity index (χ4v) is 1.68. The molecule has 0 aromatic heterocycles. The second-order valence-electron chi connectivity index (χ2n) is 4.71. The molecular weight excluding hydrogens is 179 g/mol. The molecule has 1 heterocycles. The van der Waals surface area contributed by atoms with Crippen molar-refractivity contribution in [2.45, 2.75) is 39.8 Å². The van der Waals surface area contributed by atoms with Gasteiger partial charge in [-0.05, 0) is 30.0 Å². The third-order valence-electron chi connectivity index (χ3n) is 2.45. The van der Waals surface area contributed by atoms with E-state index in [9.17, 15) is 4.39 Å². The largest absolute Gasteiger partial charge is 0.404 e. The fourth-order valence-electron chi connectivity index (χ4n) is 1.68. The first-order chi connectivity index (χ1) is 6.46. The van der Waals surface area contributed by atoms with Gasteiger partial charge in [-0.25, -0.2) is 4.39 Å². The predicted molar refractivity (Wildman–Crippen MR) is 58.2 cm³/mol. The number of hydrogen-bond acceptors (Lipinski definition) is 2. The van der Waals surface area contributed by atoms with Gasteiger partial charge in [-0.15, -0.1) is 0 Å². The molecule has 3 heteroatoms. The van der Waals surface area contributed by atoms with Crippen LogP contribution in [-0.2, 0) is 0 Å². The summed E-state index contributed by atoms with van der Waals surface area (Å²) in [6, 6.07) is 0. The highest BCUT2D eigenvalue weighted by Crippen LogP contribution is 2.29. The number of rotatable bonds is 1. The summed E-state index contributed by atoms with van der Waals surface area (Å²) in [5.41, 5.74) is 6.81. The van der Waals surface area contributed by atoms with Crippen LogP contribution in [0.5, 0.6) is 0 Å². The van der Waals surface area contributed by atoms with E-state index in [0.29, 0.717) is 12.1 Å².